The Morgan fingerprint density at radius 3 is 2.52 bits per heavy atom. The molecule has 1 aromatic carbocycles. The number of benzene rings is 1. The largest absolute Gasteiger partial charge is 0.550 e. The van der Waals surface area contributed by atoms with Crippen LogP contribution in [0.5, 0.6) is 0 Å². The summed E-state index contributed by atoms with van der Waals surface area (Å²) >= 11 is 3.31. The van der Waals surface area contributed by atoms with Gasteiger partial charge in [0.2, 0.25) is 0 Å². The summed E-state index contributed by atoms with van der Waals surface area (Å²) in [6.07, 6.45) is -0.297. The lowest BCUT2D eigenvalue weighted by Gasteiger charge is -2.15. The number of carboxylic acid groups (broad SMARTS) is 1. The molecule has 1 amide bonds. The summed E-state index contributed by atoms with van der Waals surface area (Å²) in [6, 6.07) is 6.45. The van der Waals surface area contributed by atoms with Crippen molar-refractivity contribution in [1.29, 1.82) is 0 Å². The van der Waals surface area contributed by atoms with Crippen molar-refractivity contribution >= 4 is 33.5 Å². The quantitative estimate of drug-likeness (QED) is 0.446. The molecule has 0 saturated heterocycles. The fourth-order valence-corrected chi connectivity index (χ4v) is 2.11. The third-order valence-electron chi connectivity index (χ3n) is 2.95. The molecule has 0 bridgehead atoms. The number of likely N-dealkylation sites (N-methyl/N-ethyl adjacent to an activating group) is 1. The Kier molecular flexibility index (Phi) is 7.96. The van der Waals surface area contributed by atoms with E-state index in [0.717, 1.165) is 17.6 Å². The number of quaternary nitrogens is 2. The molecule has 0 saturated carbocycles. The van der Waals surface area contributed by atoms with Crippen LogP contribution in [0.15, 0.2) is 28.7 Å². The summed E-state index contributed by atoms with van der Waals surface area (Å²) in [7, 11) is 0. The lowest BCUT2D eigenvalue weighted by Crippen LogP contribution is -2.99. The Bertz CT molecular complexity index is 465. The molecular weight excluding hydrogens is 338 g/mol. The van der Waals surface area contributed by atoms with Crippen molar-refractivity contribution < 1.29 is 25.3 Å². The predicted octanol–water partition coefficient (Wildman–Crippen LogP) is -1.96. The number of aliphatic carboxylic acids is 1. The lowest BCUT2D eigenvalue weighted by atomic mass is 10.2. The second kappa shape index (κ2) is 9.49. The van der Waals surface area contributed by atoms with Gasteiger partial charge in [0.1, 0.15) is 13.1 Å². The van der Waals surface area contributed by atoms with E-state index in [0.29, 0.717) is 12.2 Å². The minimum absolute atomic E-state index is 0.297. The van der Waals surface area contributed by atoms with Gasteiger partial charge < -0.3 is 25.9 Å². The molecule has 116 valence electrons. The summed E-state index contributed by atoms with van der Waals surface area (Å²) in [5, 5.41) is 17.3. The van der Waals surface area contributed by atoms with Crippen molar-refractivity contribution in [2.24, 2.45) is 0 Å². The van der Waals surface area contributed by atoms with Gasteiger partial charge >= 0.3 is 0 Å². The molecule has 0 fully saturated rings. The van der Waals surface area contributed by atoms with Crippen molar-refractivity contribution in [1.82, 2.24) is 0 Å². The maximum Gasteiger partial charge on any atom is 0.283 e. The van der Waals surface area contributed by atoms with Crippen molar-refractivity contribution in [2.45, 2.75) is 19.4 Å². The average molecular weight is 359 g/mol. The number of carboxylic acids is 1. The number of carbonyl (C=O) groups is 2. The van der Waals surface area contributed by atoms with E-state index in [4.69, 9.17) is 0 Å². The summed E-state index contributed by atoms with van der Waals surface area (Å²) in [4.78, 5) is 22.9. The van der Waals surface area contributed by atoms with Crippen molar-refractivity contribution in [3.63, 3.8) is 0 Å². The fourth-order valence-electron chi connectivity index (χ4n) is 1.85. The predicted molar refractivity (Wildman–Crippen MR) is 80.3 cm³/mol. The van der Waals surface area contributed by atoms with E-state index in [-0.39, 0.29) is 12.3 Å². The Labute approximate surface area is 132 Å². The highest BCUT2D eigenvalue weighted by Crippen LogP contribution is 2.14. The van der Waals surface area contributed by atoms with Crippen LogP contribution in [-0.2, 0) is 9.59 Å². The van der Waals surface area contributed by atoms with Gasteiger partial charge in [0.25, 0.3) is 5.91 Å². The van der Waals surface area contributed by atoms with Crippen molar-refractivity contribution in [2.75, 3.05) is 25.0 Å². The van der Waals surface area contributed by atoms with E-state index >= 15 is 0 Å². The molecular formula is C14H21BrN3O3+. The molecule has 0 spiro atoms. The van der Waals surface area contributed by atoms with Gasteiger partial charge in [-0.15, -0.1) is 0 Å². The van der Waals surface area contributed by atoms with Gasteiger partial charge in [-0.1, -0.05) is 15.9 Å². The molecule has 0 aliphatic heterocycles. The van der Waals surface area contributed by atoms with Gasteiger partial charge in [-0.3, -0.25) is 4.79 Å². The molecule has 1 atom stereocenters. The van der Waals surface area contributed by atoms with Crippen LogP contribution in [0.25, 0.3) is 0 Å². The molecule has 1 rings (SSSR count). The van der Waals surface area contributed by atoms with Crippen LogP contribution in [0, 0.1) is 0 Å². The number of amides is 1. The monoisotopic (exact) mass is 358 g/mol. The van der Waals surface area contributed by atoms with E-state index in [2.05, 4.69) is 26.6 Å². The van der Waals surface area contributed by atoms with Gasteiger partial charge in [-0.25, -0.2) is 0 Å². The molecule has 6 nitrogen and oxygen atoms in total. The van der Waals surface area contributed by atoms with Crippen LogP contribution >= 0.6 is 15.9 Å². The van der Waals surface area contributed by atoms with Gasteiger partial charge in [0.15, 0.2) is 6.04 Å². The zero-order chi connectivity index (χ0) is 15.7. The van der Waals surface area contributed by atoms with E-state index in [9.17, 15) is 14.7 Å². The maximum absolute atomic E-state index is 12.1. The Morgan fingerprint density at radius 2 is 1.95 bits per heavy atom. The number of hydrogen-bond acceptors (Lipinski definition) is 3. The minimum Gasteiger partial charge on any atom is -0.550 e. The van der Waals surface area contributed by atoms with Crippen LogP contribution in [0.1, 0.15) is 13.3 Å². The first-order valence-corrected chi connectivity index (χ1v) is 7.73. The first-order valence-electron chi connectivity index (χ1n) is 6.94. The molecule has 0 aliphatic carbocycles. The highest BCUT2D eigenvalue weighted by molar-refractivity contribution is 9.10. The summed E-state index contributed by atoms with van der Waals surface area (Å²) in [6.45, 7) is 4.52. The molecule has 0 unspecified atom stereocenters. The van der Waals surface area contributed by atoms with Gasteiger partial charge in [0, 0.05) is 22.6 Å². The van der Waals surface area contributed by atoms with E-state index < -0.39 is 12.0 Å². The van der Waals surface area contributed by atoms with Crippen LogP contribution in [-0.4, -0.2) is 37.6 Å². The first-order chi connectivity index (χ1) is 10.0. The second-order valence-corrected chi connectivity index (χ2v) is 5.60. The normalized spacial score (nSPS) is 11.9. The number of hydrogen-bond donors (Lipinski definition) is 3. The zero-order valence-electron chi connectivity index (χ0n) is 12.0. The molecule has 0 aromatic heterocycles. The van der Waals surface area contributed by atoms with Crippen molar-refractivity contribution in [3.05, 3.63) is 28.7 Å². The Balaban J connectivity index is 2.57. The van der Waals surface area contributed by atoms with Gasteiger partial charge in [-0.2, -0.15) is 0 Å². The topological polar surface area (TPSA) is 102 Å². The highest BCUT2D eigenvalue weighted by Gasteiger charge is 2.22. The van der Waals surface area contributed by atoms with Gasteiger partial charge in [0.05, 0.1) is 6.54 Å². The van der Waals surface area contributed by atoms with Gasteiger partial charge in [-0.05, 0) is 31.2 Å². The Morgan fingerprint density at radius 1 is 1.29 bits per heavy atom. The van der Waals surface area contributed by atoms with E-state index in [1.165, 1.54) is 0 Å². The standard InChI is InChI=1S/C14H20BrN3O3/c1-2-16-7-8-17-12(9-13(19)20)14(21)18-11-5-3-10(15)4-6-11/h3-6,12,16-17H,2,7-9H2,1H3,(H,18,21)(H,19,20)/p+1/t12-/m0/s1. The maximum atomic E-state index is 12.1. The fraction of sp³-hybridized carbons (Fsp3) is 0.429. The molecule has 5 N–H and O–H groups in total. The molecule has 1 aromatic rings. The highest BCUT2D eigenvalue weighted by atomic mass is 79.9. The Hall–Kier alpha value is -1.44. The van der Waals surface area contributed by atoms with E-state index in [1.54, 1.807) is 17.4 Å². The number of rotatable bonds is 9. The number of halogens is 1. The first kappa shape index (κ1) is 17.6. The van der Waals surface area contributed by atoms with Crippen LogP contribution in [0.3, 0.4) is 0 Å². The number of nitrogens with two attached hydrogens (primary N) is 2. The lowest BCUT2D eigenvalue weighted by molar-refractivity contribution is -0.732. The smallest absolute Gasteiger partial charge is 0.283 e. The number of nitrogens with one attached hydrogen (secondary N) is 1. The van der Waals surface area contributed by atoms with E-state index in [1.807, 2.05) is 19.1 Å². The molecule has 0 radical (unpaired) electrons. The molecule has 21 heavy (non-hydrogen) atoms. The van der Waals surface area contributed by atoms with Crippen LogP contribution in [0.4, 0.5) is 5.69 Å². The van der Waals surface area contributed by atoms with Crippen molar-refractivity contribution in [3.8, 4) is 0 Å². The SMILES string of the molecule is CC[NH2+]CC[NH2+][C@@H](CC(=O)[O-])C(=O)Nc1ccc(Br)cc1. The summed E-state index contributed by atoms with van der Waals surface area (Å²) < 4.78 is 0.911. The molecule has 0 aliphatic rings. The summed E-state index contributed by atoms with van der Waals surface area (Å²) in [5.74, 6) is -1.54. The molecule has 7 heteroatoms. The summed E-state index contributed by atoms with van der Waals surface area (Å²) in [5.41, 5.74) is 0.639. The third kappa shape index (κ3) is 7.22. The zero-order valence-corrected chi connectivity index (χ0v) is 13.6. The third-order valence-corrected chi connectivity index (χ3v) is 3.47. The number of anilines is 1. The van der Waals surface area contributed by atoms with Crippen LogP contribution in [0.2, 0.25) is 0 Å². The minimum atomic E-state index is -1.22. The average Bonchev–Trinajstić information content (AvgIpc) is 2.44. The van der Waals surface area contributed by atoms with Crippen LogP contribution < -0.4 is 21.1 Å². The number of carbonyl (C=O) groups excluding carboxylic acids is 2. The molecule has 0 heterocycles. The second-order valence-electron chi connectivity index (χ2n) is 4.69.